The Balaban J connectivity index is 1.73. The van der Waals surface area contributed by atoms with Gasteiger partial charge in [-0.1, -0.05) is 25.1 Å². The summed E-state index contributed by atoms with van der Waals surface area (Å²) in [5.41, 5.74) is 1.84. The van der Waals surface area contributed by atoms with Crippen molar-refractivity contribution in [3.05, 3.63) is 29.8 Å². The van der Waals surface area contributed by atoms with Crippen LogP contribution in [0.15, 0.2) is 24.3 Å². The first-order valence-electron chi connectivity index (χ1n) is 6.17. The summed E-state index contributed by atoms with van der Waals surface area (Å²) in [6, 6.07) is 9.30. The summed E-state index contributed by atoms with van der Waals surface area (Å²) < 4.78 is 5.68. The summed E-state index contributed by atoms with van der Waals surface area (Å²) >= 11 is 0. The van der Waals surface area contributed by atoms with Crippen molar-refractivity contribution in [2.75, 3.05) is 6.61 Å². The molecule has 2 aliphatic rings. The lowest BCUT2D eigenvalue weighted by atomic mass is 9.98. The number of hydrogen-bond acceptors (Lipinski definition) is 2. The highest BCUT2D eigenvalue weighted by Crippen LogP contribution is 2.48. The number of benzene rings is 1. The maximum atomic E-state index is 5.68. The van der Waals surface area contributed by atoms with E-state index in [0.717, 1.165) is 12.4 Å². The largest absolute Gasteiger partial charge is 0.491 e. The molecule has 1 aromatic rings. The molecule has 1 aliphatic heterocycles. The Morgan fingerprint density at radius 1 is 1.38 bits per heavy atom. The number of fused-ring (bicyclic) bond motifs is 1. The van der Waals surface area contributed by atoms with Crippen LogP contribution in [0.25, 0.3) is 0 Å². The zero-order chi connectivity index (χ0) is 11.2. The van der Waals surface area contributed by atoms with Gasteiger partial charge >= 0.3 is 0 Å². The minimum Gasteiger partial charge on any atom is -0.491 e. The Morgan fingerprint density at radius 3 is 2.88 bits per heavy atom. The van der Waals surface area contributed by atoms with Crippen molar-refractivity contribution in [3.63, 3.8) is 0 Å². The van der Waals surface area contributed by atoms with Gasteiger partial charge in [0.1, 0.15) is 12.4 Å². The molecule has 0 radical (unpaired) electrons. The molecule has 86 valence electrons. The van der Waals surface area contributed by atoms with Crippen LogP contribution < -0.4 is 10.1 Å². The van der Waals surface area contributed by atoms with Gasteiger partial charge < -0.3 is 10.1 Å². The van der Waals surface area contributed by atoms with E-state index in [1.165, 1.54) is 18.4 Å². The van der Waals surface area contributed by atoms with Gasteiger partial charge in [-0.3, -0.25) is 0 Å². The average Bonchev–Trinajstić information content (AvgIpc) is 2.92. The Morgan fingerprint density at radius 2 is 2.12 bits per heavy atom. The lowest BCUT2D eigenvalue weighted by molar-refractivity contribution is 0.274. The van der Waals surface area contributed by atoms with Gasteiger partial charge in [0.2, 0.25) is 0 Å². The molecule has 0 amide bonds. The van der Waals surface area contributed by atoms with Gasteiger partial charge in [0.15, 0.2) is 0 Å². The van der Waals surface area contributed by atoms with Gasteiger partial charge in [0.25, 0.3) is 0 Å². The first-order valence-corrected chi connectivity index (χ1v) is 6.17. The number of rotatable bonds is 3. The second kappa shape index (κ2) is 3.49. The Kier molecular flexibility index (Phi) is 2.21. The lowest BCUT2D eigenvalue weighted by Gasteiger charge is -2.24. The number of hydrogen-bond donors (Lipinski definition) is 1. The molecule has 1 N–H and O–H groups in total. The smallest absolute Gasteiger partial charge is 0.124 e. The normalized spacial score (nSPS) is 27.0. The van der Waals surface area contributed by atoms with E-state index in [4.69, 9.17) is 4.74 Å². The van der Waals surface area contributed by atoms with Crippen molar-refractivity contribution >= 4 is 0 Å². The summed E-state index contributed by atoms with van der Waals surface area (Å²) in [6.45, 7) is 5.44. The fourth-order valence-electron chi connectivity index (χ4n) is 2.43. The molecule has 2 atom stereocenters. The van der Waals surface area contributed by atoms with Crippen LogP contribution >= 0.6 is 0 Å². The third-order valence-corrected chi connectivity index (χ3v) is 4.24. The minimum absolute atomic E-state index is 0.378. The molecule has 1 aliphatic carbocycles. The van der Waals surface area contributed by atoms with Crippen LogP contribution in [0.4, 0.5) is 0 Å². The van der Waals surface area contributed by atoms with E-state index in [2.05, 4.69) is 37.4 Å². The van der Waals surface area contributed by atoms with Crippen LogP contribution in [0, 0.1) is 5.41 Å². The third-order valence-electron chi connectivity index (χ3n) is 4.24. The standard InChI is InChI=1S/C14H19NO/c1-10(14(2)7-8-14)15-12-9-16-13-6-4-3-5-11(12)13/h3-6,10,12,15H,7-9H2,1-2H3. The summed E-state index contributed by atoms with van der Waals surface area (Å²) in [5, 5.41) is 3.71. The molecule has 0 bridgehead atoms. The zero-order valence-corrected chi connectivity index (χ0v) is 9.99. The average molecular weight is 217 g/mol. The Labute approximate surface area is 97.0 Å². The second-order valence-electron chi connectivity index (χ2n) is 5.44. The molecule has 1 heterocycles. The number of para-hydroxylation sites is 1. The predicted molar refractivity (Wildman–Crippen MR) is 64.6 cm³/mol. The van der Waals surface area contributed by atoms with Gasteiger partial charge in [-0.05, 0) is 31.2 Å². The second-order valence-corrected chi connectivity index (χ2v) is 5.44. The van der Waals surface area contributed by atoms with Crippen LogP contribution in [0.5, 0.6) is 5.75 Å². The highest BCUT2D eigenvalue weighted by atomic mass is 16.5. The molecular weight excluding hydrogens is 198 g/mol. The molecule has 2 heteroatoms. The molecule has 1 aromatic carbocycles. The third kappa shape index (κ3) is 1.61. The summed E-state index contributed by atoms with van der Waals surface area (Å²) in [6.07, 6.45) is 2.72. The Bertz CT molecular complexity index is 397. The Hall–Kier alpha value is -1.02. The van der Waals surface area contributed by atoms with E-state index in [9.17, 15) is 0 Å². The monoisotopic (exact) mass is 217 g/mol. The van der Waals surface area contributed by atoms with Crippen LogP contribution in [-0.2, 0) is 0 Å². The predicted octanol–water partition coefficient (Wildman–Crippen LogP) is 2.90. The lowest BCUT2D eigenvalue weighted by Crippen LogP contribution is -2.37. The van der Waals surface area contributed by atoms with Gasteiger partial charge in [0, 0.05) is 11.6 Å². The summed E-state index contributed by atoms with van der Waals surface area (Å²) in [4.78, 5) is 0. The van der Waals surface area contributed by atoms with Crippen molar-refractivity contribution in [2.45, 2.75) is 38.8 Å². The highest BCUT2D eigenvalue weighted by molar-refractivity contribution is 5.39. The van der Waals surface area contributed by atoms with Gasteiger partial charge in [-0.15, -0.1) is 0 Å². The van der Waals surface area contributed by atoms with Crippen molar-refractivity contribution < 1.29 is 4.74 Å². The van der Waals surface area contributed by atoms with Gasteiger partial charge in [0.05, 0.1) is 6.04 Å². The minimum atomic E-state index is 0.378. The number of ether oxygens (including phenoxy) is 1. The van der Waals surface area contributed by atoms with E-state index >= 15 is 0 Å². The molecule has 2 unspecified atom stereocenters. The maximum absolute atomic E-state index is 5.68. The molecular formula is C14H19NO. The fourth-order valence-corrected chi connectivity index (χ4v) is 2.43. The molecule has 0 aromatic heterocycles. The molecule has 3 rings (SSSR count). The first kappa shape index (κ1) is 10.2. The first-order chi connectivity index (χ1) is 7.69. The van der Waals surface area contributed by atoms with Crippen LogP contribution in [0.2, 0.25) is 0 Å². The number of nitrogens with one attached hydrogen (secondary N) is 1. The van der Waals surface area contributed by atoms with Crippen molar-refractivity contribution in [1.29, 1.82) is 0 Å². The molecule has 1 fully saturated rings. The molecule has 16 heavy (non-hydrogen) atoms. The van der Waals surface area contributed by atoms with E-state index in [1.807, 2.05) is 6.07 Å². The summed E-state index contributed by atoms with van der Waals surface area (Å²) in [7, 11) is 0. The molecule has 1 saturated carbocycles. The zero-order valence-electron chi connectivity index (χ0n) is 9.99. The van der Waals surface area contributed by atoms with E-state index in [-0.39, 0.29) is 0 Å². The SMILES string of the molecule is CC(NC1COc2ccccc21)C1(C)CC1. The molecule has 0 spiro atoms. The quantitative estimate of drug-likeness (QED) is 0.840. The maximum Gasteiger partial charge on any atom is 0.124 e. The summed E-state index contributed by atoms with van der Waals surface area (Å²) in [5.74, 6) is 1.05. The van der Waals surface area contributed by atoms with Crippen molar-refractivity contribution in [2.24, 2.45) is 5.41 Å². The van der Waals surface area contributed by atoms with Crippen LogP contribution in [0.3, 0.4) is 0 Å². The van der Waals surface area contributed by atoms with Crippen LogP contribution in [0.1, 0.15) is 38.3 Å². The van der Waals surface area contributed by atoms with Gasteiger partial charge in [-0.25, -0.2) is 0 Å². The molecule has 0 saturated heterocycles. The van der Waals surface area contributed by atoms with E-state index < -0.39 is 0 Å². The van der Waals surface area contributed by atoms with E-state index in [0.29, 0.717) is 17.5 Å². The fraction of sp³-hybridized carbons (Fsp3) is 0.571. The topological polar surface area (TPSA) is 21.3 Å². The van der Waals surface area contributed by atoms with Crippen molar-refractivity contribution in [1.82, 2.24) is 5.32 Å². The van der Waals surface area contributed by atoms with E-state index in [1.54, 1.807) is 0 Å². The van der Waals surface area contributed by atoms with Gasteiger partial charge in [-0.2, -0.15) is 0 Å². The molecule has 2 nitrogen and oxygen atoms in total. The van der Waals surface area contributed by atoms with Crippen LogP contribution in [-0.4, -0.2) is 12.6 Å². The van der Waals surface area contributed by atoms with Crippen molar-refractivity contribution in [3.8, 4) is 5.75 Å². The highest BCUT2D eigenvalue weighted by Gasteiger charge is 2.43.